The van der Waals surface area contributed by atoms with Crippen molar-refractivity contribution >= 4 is 0 Å². The van der Waals surface area contributed by atoms with E-state index in [1.54, 1.807) is 0 Å². The normalized spacial score (nSPS) is 16.1. The molecule has 0 radical (unpaired) electrons. The largest absolute Gasteiger partial charge is 0.320 e. The molecule has 0 saturated heterocycles. The fourth-order valence-electron chi connectivity index (χ4n) is 1.33. The van der Waals surface area contributed by atoms with E-state index < -0.39 is 0 Å². The topological polar surface area (TPSA) is 43.8 Å². The van der Waals surface area contributed by atoms with Gasteiger partial charge in [-0.15, -0.1) is 0 Å². The first-order valence-corrected chi connectivity index (χ1v) is 4.27. The van der Waals surface area contributed by atoms with Crippen LogP contribution in [0.25, 0.3) is 0 Å². The Morgan fingerprint density at radius 3 is 2.58 bits per heavy atom. The highest BCUT2D eigenvalue weighted by Crippen LogP contribution is 2.20. The standard InChI is InChI=1S/C9H17N3/c1-5-9(3,10)8-6-7(2)11-12(8)4/h6H,5,10H2,1-4H3. The molecule has 1 unspecified atom stereocenters. The molecule has 3 nitrogen and oxygen atoms in total. The van der Waals surface area contributed by atoms with Gasteiger partial charge in [0.25, 0.3) is 0 Å². The number of nitrogens with zero attached hydrogens (tertiary/aromatic N) is 2. The first kappa shape index (κ1) is 9.26. The lowest BCUT2D eigenvalue weighted by atomic mass is 9.96. The SMILES string of the molecule is CCC(C)(N)c1cc(C)nn1C. The molecule has 1 atom stereocenters. The van der Waals surface area contributed by atoms with Gasteiger partial charge in [0, 0.05) is 7.05 Å². The molecule has 0 fully saturated rings. The fourth-order valence-corrected chi connectivity index (χ4v) is 1.33. The van der Waals surface area contributed by atoms with Crippen molar-refractivity contribution in [2.75, 3.05) is 0 Å². The first-order valence-electron chi connectivity index (χ1n) is 4.27. The Labute approximate surface area is 73.6 Å². The van der Waals surface area contributed by atoms with Crippen molar-refractivity contribution in [2.45, 2.75) is 32.7 Å². The summed E-state index contributed by atoms with van der Waals surface area (Å²) in [7, 11) is 1.93. The number of hydrogen-bond acceptors (Lipinski definition) is 2. The number of aromatic nitrogens is 2. The van der Waals surface area contributed by atoms with E-state index in [1.807, 2.05) is 31.6 Å². The first-order chi connectivity index (χ1) is 5.47. The third kappa shape index (κ3) is 1.50. The lowest BCUT2D eigenvalue weighted by molar-refractivity contribution is 0.436. The van der Waals surface area contributed by atoms with Gasteiger partial charge in [-0.3, -0.25) is 4.68 Å². The molecule has 12 heavy (non-hydrogen) atoms. The second-order valence-corrected chi connectivity index (χ2v) is 3.57. The highest BCUT2D eigenvalue weighted by molar-refractivity contribution is 5.17. The summed E-state index contributed by atoms with van der Waals surface area (Å²) in [6.07, 6.45) is 0.923. The van der Waals surface area contributed by atoms with Crippen LogP contribution in [0.3, 0.4) is 0 Å². The third-order valence-corrected chi connectivity index (χ3v) is 2.32. The summed E-state index contributed by atoms with van der Waals surface area (Å²) in [6, 6.07) is 2.05. The van der Waals surface area contributed by atoms with Gasteiger partial charge in [0.05, 0.1) is 16.9 Å². The molecule has 1 aromatic heterocycles. The van der Waals surface area contributed by atoms with E-state index in [4.69, 9.17) is 5.73 Å². The molecule has 0 aliphatic heterocycles. The summed E-state index contributed by atoms with van der Waals surface area (Å²) in [5.74, 6) is 0. The molecule has 0 aromatic carbocycles. The Morgan fingerprint density at radius 2 is 2.25 bits per heavy atom. The van der Waals surface area contributed by atoms with Gasteiger partial charge in [0.2, 0.25) is 0 Å². The Morgan fingerprint density at radius 1 is 1.67 bits per heavy atom. The van der Waals surface area contributed by atoms with Crippen LogP contribution in [0.2, 0.25) is 0 Å². The minimum atomic E-state index is -0.254. The molecule has 1 heterocycles. The maximum absolute atomic E-state index is 6.09. The van der Waals surface area contributed by atoms with E-state index in [0.717, 1.165) is 17.8 Å². The average molecular weight is 167 g/mol. The molecule has 2 N–H and O–H groups in total. The summed E-state index contributed by atoms with van der Waals surface area (Å²) in [6.45, 7) is 6.10. The van der Waals surface area contributed by atoms with E-state index in [1.165, 1.54) is 0 Å². The molecule has 0 saturated carbocycles. The molecule has 0 aliphatic carbocycles. The van der Waals surface area contributed by atoms with E-state index >= 15 is 0 Å². The van der Waals surface area contributed by atoms with Gasteiger partial charge in [-0.1, -0.05) is 6.92 Å². The van der Waals surface area contributed by atoms with E-state index in [9.17, 15) is 0 Å². The number of hydrogen-bond donors (Lipinski definition) is 1. The molecular weight excluding hydrogens is 150 g/mol. The monoisotopic (exact) mass is 167 g/mol. The Hall–Kier alpha value is -0.830. The van der Waals surface area contributed by atoms with Crippen LogP contribution in [-0.2, 0) is 12.6 Å². The Bertz CT molecular complexity index is 273. The van der Waals surface area contributed by atoms with Crippen LogP contribution in [-0.4, -0.2) is 9.78 Å². The number of aryl methyl sites for hydroxylation is 2. The van der Waals surface area contributed by atoms with Crippen molar-refractivity contribution in [3.8, 4) is 0 Å². The molecule has 0 bridgehead atoms. The van der Waals surface area contributed by atoms with E-state index in [0.29, 0.717) is 0 Å². The zero-order valence-electron chi connectivity index (χ0n) is 8.26. The van der Waals surface area contributed by atoms with E-state index in [-0.39, 0.29) is 5.54 Å². The molecule has 1 aromatic rings. The number of rotatable bonds is 2. The third-order valence-electron chi connectivity index (χ3n) is 2.32. The van der Waals surface area contributed by atoms with Gasteiger partial charge in [0.15, 0.2) is 0 Å². The summed E-state index contributed by atoms with van der Waals surface area (Å²) in [5.41, 5.74) is 7.96. The van der Waals surface area contributed by atoms with Gasteiger partial charge in [-0.05, 0) is 26.3 Å². The summed E-state index contributed by atoms with van der Waals surface area (Å²) in [5, 5.41) is 4.26. The van der Waals surface area contributed by atoms with Crippen molar-refractivity contribution in [2.24, 2.45) is 12.8 Å². The fraction of sp³-hybridized carbons (Fsp3) is 0.667. The van der Waals surface area contributed by atoms with Crippen molar-refractivity contribution in [1.82, 2.24) is 9.78 Å². The van der Waals surface area contributed by atoms with Crippen LogP contribution in [0.5, 0.6) is 0 Å². The molecule has 3 heteroatoms. The van der Waals surface area contributed by atoms with Crippen molar-refractivity contribution in [1.29, 1.82) is 0 Å². The van der Waals surface area contributed by atoms with Crippen LogP contribution < -0.4 is 5.73 Å². The maximum Gasteiger partial charge on any atom is 0.0597 e. The minimum absolute atomic E-state index is 0.254. The quantitative estimate of drug-likeness (QED) is 0.721. The lowest BCUT2D eigenvalue weighted by Crippen LogP contribution is -2.34. The van der Waals surface area contributed by atoms with Crippen molar-refractivity contribution in [3.63, 3.8) is 0 Å². The Kier molecular flexibility index (Phi) is 2.24. The highest BCUT2D eigenvalue weighted by atomic mass is 15.3. The summed E-state index contributed by atoms with van der Waals surface area (Å²) in [4.78, 5) is 0. The second kappa shape index (κ2) is 2.90. The zero-order valence-corrected chi connectivity index (χ0v) is 8.26. The molecule has 0 amide bonds. The van der Waals surface area contributed by atoms with Gasteiger partial charge < -0.3 is 5.73 Å². The highest BCUT2D eigenvalue weighted by Gasteiger charge is 2.22. The van der Waals surface area contributed by atoms with Crippen LogP contribution in [0.1, 0.15) is 31.7 Å². The van der Waals surface area contributed by atoms with E-state index in [2.05, 4.69) is 12.0 Å². The van der Waals surface area contributed by atoms with Crippen molar-refractivity contribution in [3.05, 3.63) is 17.5 Å². The summed E-state index contributed by atoms with van der Waals surface area (Å²) < 4.78 is 1.86. The van der Waals surface area contributed by atoms with Crippen LogP contribution in [0.4, 0.5) is 0 Å². The number of nitrogens with two attached hydrogens (primary N) is 1. The van der Waals surface area contributed by atoms with Gasteiger partial charge >= 0.3 is 0 Å². The van der Waals surface area contributed by atoms with Crippen LogP contribution in [0.15, 0.2) is 6.07 Å². The predicted octanol–water partition coefficient (Wildman–Crippen LogP) is 1.31. The Balaban J connectivity index is 3.09. The molecule has 0 spiro atoms. The van der Waals surface area contributed by atoms with Crippen LogP contribution in [0, 0.1) is 6.92 Å². The van der Waals surface area contributed by atoms with Gasteiger partial charge in [-0.25, -0.2) is 0 Å². The van der Waals surface area contributed by atoms with Gasteiger partial charge in [0.1, 0.15) is 0 Å². The van der Waals surface area contributed by atoms with Crippen molar-refractivity contribution < 1.29 is 0 Å². The zero-order chi connectivity index (χ0) is 9.35. The maximum atomic E-state index is 6.09. The van der Waals surface area contributed by atoms with Gasteiger partial charge in [-0.2, -0.15) is 5.10 Å². The molecule has 0 aliphatic rings. The molecular formula is C9H17N3. The molecule has 1 rings (SSSR count). The van der Waals surface area contributed by atoms with Crippen LogP contribution >= 0.6 is 0 Å². The molecule has 68 valence electrons. The predicted molar refractivity (Wildman–Crippen MR) is 49.8 cm³/mol. The average Bonchev–Trinajstić information content (AvgIpc) is 2.31. The smallest absolute Gasteiger partial charge is 0.0597 e. The minimum Gasteiger partial charge on any atom is -0.320 e. The second-order valence-electron chi connectivity index (χ2n) is 3.57. The summed E-state index contributed by atoms with van der Waals surface area (Å²) >= 11 is 0. The lowest BCUT2D eigenvalue weighted by Gasteiger charge is -2.22.